The summed E-state index contributed by atoms with van der Waals surface area (Å²) in [5, 5.41) is 4.70. The number of hydrogen-bond donors (Lipinski definition) is 3. The van der Waals surface area contributed by atoms with E-state index >= 15 is 0 Å². The average Bonchev–Trinajstić information content (AvgIpc) is 3.92. The predicted molar refractivity (Wildman–Crippen MR) is 181 cm³/mol. The number of ether oxygens (including phenoxy) is 1. The van der Waals surface area contributed by atoms with Gasteiger partial charge in [-0.2, -0.15) is 8.42 Å². The Morgan fingerprint density at radius 2 is 1.71 bits per heavy atom. The van der Waals surface area contributed by atoms with Gasteiger partial charge in [0.05, 0.1) is 16.2 Å². The molecule has 5 rings (SSSR count). The molecule has 0 radical (unpaired) electrons. The van der Waals surface area contributed by atoms with E-state index in [1.807, 2.05) is 6.08 Å². The first-order valence-electron chi connectivity index (χ1n) is 16.4. The van der Waals surface area contributed by atoms with Gasteiger partial charge in [-0.15, -0.1) is 0 Å². The minimum atomic E-state index is -4.32. The Morgan fingerprint density at radius 1 is 1.02 bits per heavy atom. The molecule has 270 valence electrons. The molecular formula is C32H43BrN4O10S2. The highest BCUT2D eigenvalue weighted by Crippen LogP contribution is 2.46. The van der Waals surface area contributed by atoms with Crippen LogP contribution in [0.4, 0.5) is 4.79 Å². The van der Waals surface area contributed by atoms with Crippen LogP contribution in [0.2, 0.25) is 0 Å². The monoisotopic (exact) mass is 786 g/mol. The number of carbonyl (C=O) groups excluding carboxylic acids is 4. The number of hydrogen-bond acceptors (Lipinski definition) is 10. The molecule has 0 aromatic heterocycles. The molecule has 2 aliphatic carbocycles. The summed E-state index contributed by atoms with van der Waals surface area (Å²) in [6.45, 7) is 4.73. The summed E-state index contributed by atoms with van der Waals surface area (Å²) in [6.07, 6.45) is 5.36. The number of halogens is 1. The van der Waals surface area contributed by atoms with Crippen LogP contribution in [0.5, 0.6) is 0 Å². The largest absolute Gasteiger partial charge is 0.444 e. The van der Waals surface area contributed by atoms with Gasteiger partial charge in [-0.1, -0.05) is 40.9 Å². The van der Waals surface area contributed by atoms with E-state index in [1.165, 1.54) is 29.2 Å². The lowest BCUT2D eigenvalue weighted by atomic mass is 10.0. The summed E-state index contributed by atoms with van der Waals surface area (Å²) >= 11 is 3.27. The molecule has 1 aromatic carbocycles. The number of nitrogens with one attached hydrogen (secondary N) is 3. The molecule has 3 fully saturated rings. The molecule has 4 aliphatic rings. The van der Waals surface area contributed by atoms with Gasteiger partial charge < -0.3 is 20.3 Å². The molecule has 0 spiro atoms. The van der Waals surface area contributed by atoms with Gasteiger partial charge in [-0.25, -0.2) is 13.2 Å². The molecule has 0 bridgehead atoms. The number of alkyl carbamates (subject to hydrolysis) is 1. The van der Waals surface area contributed by atoms with Crippen molar-refractivity contribution in [1.82, 2.24) is 20.3 Å². The SMILES string of the molecule is CC(C)(C)OC(=O)N[C@H]1CCCCC/C=C\C2C[C@@]2(C(=O)NS(=O)(=O)C2CC2)NC(=O)[C@@H]2C[C@H](OS(=O)(=O)c3ccc(Br)cc3)CN2C1=O. The molecular weight excluding hydrogens is 744 g/mol. The van der Waals surface area contributed by atoms with E-state index in [4.69, 9.17) is 8.92 Å². The predicted octanol–water partition coefficient (Wildman–Crippen LogP) is 3.02. The molecule has 2 aliphatic heterocycles. The summed E-state index contributed by atoms with van der Waals surface area (Å²) in [7, 11) is -8.25. The first-order chi connectivity index (χ1) is 22.9. The average molecular weight is 788 g/mol. The molecule has 5 atom stereocenters. The van der Waals surface area contributed by atoms with Crippen molar-refractivity contribution >= 4 is 59.9 Å². The standard InChI is InChI=1S/C32H43BrN4O10S2/c1-31(2,3)46-30(41)34-25-10-8-6-4-5-7-9-20-18-32(20,29(40)36-48(42,43)23-15-16-23)35-27(38)26-17-22(19-37(26)28(25)39)47-49(44,45)24-13-11-21(33)12-14-24/h7,9,11-14,20,22-23,25-26H,4-6,8,10,15-19H2,1-3H3,(H,34,41)(H,35,38)(H,36,40)/b9-7-/t20?,22-,25-,26-,32+/m0/s1. The van der Waals surface area contributed by atoms with Gasteiger partial charge >= 0.3 is 6.09 Å². The minimum absolute atomic E-state index is 0.125. The normalized spacial score (nSPS) is 28.9. The fourth-order valence-electron chi connectivity index (χ4n) is 6.12. The highest BCUT2D eigenvalue weighted by Gasteiger charge is 2.62. The van der Waals surface area contributed by atoms with Gasteiger partial charge in [0, 0.05) is 23.4 Å². The molecule has 49 heavy (non-hydrogen) atoms. The summed E-state index contributed by atoms with van der Waals surface area (Å²) in [5.74, 6) is -2.78. The van der Waals surface area contributed by atoms with Crippen molar-refractivity contribution in [1.29, 1.82) is 0 Å². The van der Waals surface area contributed by atoms with Gasteiger partial charge in [-0.05, 0) is 83.6 Å². The number of sulfonamides is 1. The molecule has 1 unspecified atom stereocenters. The van der Waals surface area contributed by atoms with Crippen molar-refractivity contribution in [2.45, 2.75) is 118 Å². The van der Waals surface area contributed by atoms with Gasteiger partial charge in [-0.3, -0.25) is 23.3 Å². The fourth-order valence-corrected chi connectivity index (χ4v) is 8.82. The van der Waals surface area contributed by atoms with Crippen molar-refractivity contribution in [2.24, 2.45) is 5.92 Å². The summed E-state index contributed by atoms with van der Waals surface area (Å²) in [5.41, 5.74) is -2.43. The Morgan fingerprint density at radius 3 is 2.37 bits per heavy atom. The highest BCUT2D eigenvalue weighted by atomic mass is 79.9. The van der Waals surface area contributed by atoms with Crippen molar-refractivity contribution < 1.29 is 44.9 Å². The van der Waals surface area contributed by atoms with Gasteiger partial charge in [0.25, 0.3) is 16.0 Å². The van der Waals surface area contributed by atoms with E-state index in [-0.39, 0.29) is 30.7 Å². The third-order valence-corrected chi connectivity index (χ3v) is 12.6. The van der Waals surface area contributed by atoms with Gasteiger partial charge in [0.1, 0.15) is 23.2 Å². The van der Waals surface area contributed by atoms with Crippen LogP contribution in [0.1, 0.15) is 78.6 Å². The van der Waals surface area contributed by atoms with Crippen LogP contribution in [0.15, 0.2) is 45.8 Å². The first kappa shape index (κ1) is 37.2. The number of allylic oxidation sites excluding steroid dienone is 1. The zero-order valence-electron chi connectivity index (χ0n) is 27.6. The first-order valence-corrected chi connectivity index (χ1v) is 20.2. The summed E-state index contributed by atoms with van der Waals surface area (Å²) < 4.78 is 65.6. The molecule has 3 N–H and O–H groups in total. The second-order valence-corrected chi connectivity index (χ2v) is 18.5. The van der Waals surface area contributed by atoms with Crippen LogP contribution >= 0.6 is 15.9 Å². The van der Waals surface area contributed by atoms with Crippen LogP contribution in [0.3, 0.4) is 0 Å². The van der Waals surface area contributed by atoms with Gasteiger partial charge in [0.15, 0.2) is 0 Å². The smallest absolute Gasteiger partial charge is 0.408 e. The lowest BCUT2D eigenvalue weighted by Crippen LogP contribution is -2.58. The summed E-state index contributed by atoms with van der Waals surface area (Å²) in [6, 6.07) is 3.36. The molecule has 2 heterocycles. The quantitative estimate of drug-likeness (QED) is 0.273. The Bertz CT molecular complexity index is 1710. The molecule has 17 heteroatoms. The van der Waals surface area contributed by atoms with Crippen LogP contribution in [0.25, 0.3) is 0 Å². The van der Waals surface area contributed by atoms with Crippen molar-refractivity contribution in [3.05, 3.63) is 40.9 Å². The van der Waals surface area contributed by atoms with E-state index in [2.05, 4.69) is 31.3 Å². The number of rotatable bonds is 7. The lowest BCUT2D eigenvalue weighted by Gasteiger charge is -2.30. The van der Waals surface area contributed by atoms with Crippen molar-refractivity contribution in [2.75, 3.05) is 6.54 Å². The zero-order valence-corrected chi connectivity index (χ0v) is 30.9. The Balaban J connectivity index is 1.45. The lowest BCUT2D eigenvalue weighted by molar-refractivity contribution is -0.141. The third kappa shape index (κ3) is 9.21. The minimum Gasteiger partial charge on any atom is -0.444 e. The van der Waals surface area contributed by atoms with Crippen LogP contribution in [-0.2, 0) is 43.4 Å². The maximum atomic E-state index is 14.2. The molecule has 14 nitrogen and oxygen atoms in total. The second kappa shape index (κ2) is 14.3. The van der Waals surface area contributed by atoms with Crippen molar-refractivity contribution in [3.63, 3.8) is 0 Å². The second-order valence-electron chi connectivity index (χ2n) is 14.1. The van der Waals surface area contributed by atoms with E-state index in [0.717, 1.165) is 6.42 Å². The topological polar surface area (TPSA) is 194 Å². The van der Waals surface area contributed by atoms with E-state index in [1.54, 1.807) is 26.8 Å². The van der Waals surface area contributed by atoms with Crippen molar-refractivity contribution in [3.8, 4) is 0 Å². The molecule has 2 saturated carbocycles. The summed E-state index contributed by atoms with van der Waals surface area (Å²) in [4.78, 5) is 55.7. The molecule has 1 saturated heterocycles. The number of benzene rings is 1. The Kier molecular flexibility index (Phi) is 10.9. The zero-order chi connectivity index (χ0) is 35.8. The Labute approximate surface area is 295 Å². The number of nitrogens with zero attached hydrogens (tertiary/aromatic N) is 1. The number of carbonyl (C=O) groups is 4. The van der Waals surface area contributed by atoms with Crippen LogP contribution < -0.4 is 15.4 Å². The fraction of sp³-hybridized carbons (Fsp3) is 0.625. The maximum Gasteiger partial charge on any atom is 0.408 e. The molecule has 1 aromatic rings. The molecule has 4 amide bonds. The van der Waals surface area contributed by atoms with Gasteiger partial charge in [0.2, 0.25) is 21.8 Å². The number of fused-ring (bicyclic) bond motifs is 2. The van der Waals surface area contributed by atoms with Crippen LogP contribution in [-0.4, -0.2) is 86.7 Å². The van der Waals surface area contributed by atoms with E-state index < -0.39 is 84.5 Å². The third-order valence-electron chi connectivity index (χ3n) is 8.90. The van der Waals surface area contributed by atoms with Crippen LogP contribution in [0, 0.1) is 5.92 Å². The van der Waals surface area contributed by atoms with E-state index in [0.29, 0.717) is 36.6 Å². The highest BCUT2D eigenvalue weighted by molar-refractivity contribution is 9.10. The van der Waals surface area contributed by atoms with E-state index in [9.17, 15) is 36.0 Å². The Hall–Kier alpha value is -3.02. The maximum absolute atomic E-state index is 14.2. The number of amides is 4.